The summed E-state index contributed by atoms with van der Waals surface area (Å²) in [5.74, 6) is -0.486. The van der Waals surface area contributed by atoms with Gasteiger partial charge in [0.05, 0.1) is 6.04 Å². The molecule has 3 aromatic rings. The van der Waals surface area contributed by atoms with E-state index in [9.17, 15) is 9.18 Å². The van der Waals surface area contributed by atoms with Crippen LogP contribution in [0.2, 0.25) is 0 Å². The molecule has 23 heavy (non-hydrogen) atoms. The molecule has 0 N–H and O–H groups in total. The number of halogens is 1. The van der Waals surface area contributed by atoms with E-state index in [1.54, 1.807) is 46.2 Å². The number of carbonyl (C=O) groups is 1. The van der Waals surface area contributed by atoms with E-state index in [0.29, 0.717) is 17.9 Å². The van der Waals surface area contributed by atoms with Crippen LogP contribution in [0.15, 0.2) is 49.1 Å². The van der Waals surface area contributed by atoms with Gasteiger partial charge in [-0.3, -0.25) is 4.79 Å². The normalized spacial score (nSPS) is 12.3. The Kier molecular flexibility index (Phi) is 4.06. The molecule has 0 aliphatic heterocycles. The molecule has 0 fully saturated rings. The predicted molar refractivity (Wildman–Crippen MR) is 84.5 cm³/mol. The van der Waals surface area contributed by atoms with Crippen LogP contribution in [0, 0.1) is 5.82 Å². The number of rotatable bonds is 4. The van der Waals surface area contributed by atoms with Gasteiger partial charge in [-0.2, -0.15) is 0 Å². The first-order valence-corrected chi connectivity index (χ1v) is 7.46. The Morgan fingerprint density at radius 2 is 1.87 bits per heavy atom. The first-order chi connectivity index (χ1) is 11.1. The van der Waals surface area contributed by atoms with Gasteiger partial charge >= 0.3 is 0 Å². The largest absolute Gasteiger partial charge is 0.331 e. The number of fused-ring (bicyclic) bond motifs is 1. The fourth-order valence-electron chi connectivity index (χ4n) is 2.66. The lowest BCUT2D eigenvalue weighted by Crippen LogP contribution is -2.34. The van der Waals surface area contributed by atoms with Crippen LogP contribution >= 0.6 is 0 Å². The summed E-state index contributed by atoms with van der Waals surface area (Å²) in [6, 6.07) is 6.00. The SMILES string of the molecule is CCN(C(=O)c1nccn2ccnc12)C(C)c1ccc(F)cc1. The van der Waals surface area contributed by atoms with Gasteiger partial charge in [0.2, 0.25) is 0 Å². The molecule has 2 aromatic heterocycles. The molecule has 0 saturated heterocycles. The minimum atomic E-state index is -0.292. The van der Waals surface area contributed by atoms with Crippen molar-refractivity contribution in [2.75, 3.05) is 6.54 Å². The van der Waals surface area contributed by atoms with E-state index >= 15 is 0 Å². The monoisotopic (exact) mass is 312 g/mol. The topological polar surface area (TPSA) is 50.5 Å². The third-order valence-corrected chi connectivity index (χ3v) is 3.94. The lowest BCUT2D eigenvalue weighted by atomic mass is 10.1. The molecule has 118 valence electrons. The summed E-state index contributed by atoms with van der Waals surface area (Å²) in [6.45, 7) is 4.34. The highest BCUT2D eigenvalue weighted by atomic mass is 19.1. The van der Waals surface area contributed by atoms with E-state index in [4.69, 9.17) is 0 Å². The standard InChI is InChI=1S/C17H17FN4O/c1-3-22(12(2)13-4-6-14(18)7-5-13)17(23)15-16-20-9-11-21(16)10-8-19-15/h4-12H,3H2,1-2H3. The van der Waals surface area contributed by atoms with Gasteiger partial charge in [-0.05, 0) is 31.5 Å². The molecule has 0 saturated carbocycles. The first-order valence-electron chi connectivity index (χ1n) is 7.46. The minimum Gasteiger partial charge on any atom is -0.331 e. The molecule has 0 aliphatic carbocycles. The van der Waals surface area contributed by atoms with E-state index < -0.39 is 0 Å². The van der Waals surface area contributed by atoms with Crippen molar-refractivity contribution in [1.29, 1.82) is 0 Å². The number of carbonyl (C=O) groups excluding carboxylic acids is 1. The smallest absolute Gasteiger partial charge is 0.276 e. The van der Waals surface area contributed by atoms with E-state index in [1.807, 2.05) is 13.8 Å². The average molecular weight is 312 g/mol. The van der Waals surface area contributed by atoms with Crippen LogP contribution in [0.4, 0.5) is 4.39 Å². The fraction of sp³-hybridized carbons (Fsp3) is 0.235. The quantitative estimate of drug-likeness (QED) is 0.744. The number of aromatic nitrogens is 3. The highest BCUT2D eigenvalue weighted by Crippen LogP contribution is 2.22. The Balaban J connectivity index is 1.95. The molecule has 0 aliphatic rings. The van der Waals surface area contributed by atoms with Crippen LogP contribution in [-0.4, -0.2) is 31.7 Å². The minimum absolute atomic E-state index is 0.190. The number of hydrogen-bond acceptors (Lipinski definition) is 3. The summed E-state index contributed by atoms with van der Waals surface area (Å²) in [5.41, 5.74) is 1.72. The van der Waals surface area contributed by atoms with Crippen molar-refractivity contribution in [3.05, 3.63) is 66.1 Å². The van der Waals surface area contributed by atoms with Crippen LogP contribution in [0.5, 0.6) is 0 Å². The Labute approximate surface area is 133 Å². The van der Waals surface area contributed by atoms with Crippen LogP contribution in [0.1, 0.15) is 35.9 Å². The first kappa shape index (κ1) is 15.1. The molecule has 1 aromatic carbocycles. The van der Waals surface area contributed by atoms with E-state index in [2.05, 4.69) is 9.97 Å². The van der Waals surface area contributed by atoms with Gasteiger partial charge in [0.15, 0.2) is 11.3 Å². The molecule has 6 heteroatoms. The third kappa shape index (κ3) is 2.79. The maximum Gasteiger partial charge on any atom is 0.276 e. The van der Waals surface area contributed by atoms with Crippen LogP contribution in [0.25, 0.3) is 5.65 Å². The molecule has 1 unspecified atom stereocenters. The maximum absolute atomic E-state index is 13.1. The van der Waals surface area contributed by atoms with Crippen molar-refractivity contribution >= 4 is 11.6 Å². The van der Waals surface area contributed by atoms with Crippen LogP contribution < -0.4 is 0 Å². The van der Waals surface area contributed by atoms with Crippen molar-refractivity contribution in [2.24, 2.45) is 0 Å². The highest BCUT2D eigenvalue weighted by Gasteiger charge is 2.24. The maximum atomic E-state index is 13.1. The fourth-order valence-corrected chi connectivity index (χ4v) is 2.66. The van der Waals surface area contributed by atoms with E-state index in [0.717, 1.165) is 5.56 Å². The number of hydrogen-bond donors (Lipinski definition) is 0. The molecule has 0 spiro atoms. The van der Waals surface area contributed by atoms with E-state index in [1.165, 1.54) is 12.1 Å². The van der Waals surface area contributed by atoms with Gasteiger partial charge in [-0.15, -0.1) is 0 Å². The zero-order valence-electron chi connectivity index (χ0n) is 13.0. The Morgan fingerprint density at radius 3 is 2.52 bits per heavy atom. The second-order valence-electron chi connectivity index (χ2n) is 5.25. The lowest BCUT2D eigenvalue weighted by molar-refractivity contribution is 0.0697. The van der Waals surface area contributed by atoms with Gasteiger partial charge in [0.25, 0.3) is 5.91 Å². The molecule has 3 rings (SSSR count). The van der Waals surface area contributed by atoms with Gasteiger partial charge in [-0.25, -0.2) is 14.4 Å². The van der Waals surface area contributed by atoms with Gasteiger partial charge in [-0.1, -0.05) is 12.1 Å². The lowest BCUT2D eigenvalue weighted by Gasteiger charge is -2.28. The Bertz CT molecular complexity index is 828. The Morgan fingerprint density at radius 1 is 1.22 bits per heavy atom. The van der Waals surface area contributed by atoms with Crippen molar-refractivity contribution < 1.29 is 9.18 Å². The molecular weight excluding hydrogens is 295 g/mol. The average Bonchev–Trinajstić information content (AvgIpc) is 3.04. The van der Waals surface area contributed by atoms with Gasteiger partial charge in [0.1, 0.15) is 5.82 Å². The number of amides is 1. The van der Waals surface area contributed by atoms with Gasteiger partial charge in [0, 0.05) is 31.3 Å². The summed E-state index contributed by atoms with van der Waals surface area (Å²) < 4.78 is 14.9. The molecule has 1 atom stereocenters. The molecule has 0 radical (unpaired) electrons. The van der Waals surface area contributed by atoms with Crippen molar-refractivity contribution in [3.8, 4) is 0 Å². The van der Waals surface area contributed by atoms with E-state index in [-0.39, 0.29) is 17.8 Å². The number of imidazole rings is 1. The van der Waals surface area contributed by atoms with Crippen LogP contribution in [-0.2, 0) is 0 Å². The summed E-state index contributed by atoms with van der Waals surface area (Å²) >= 11 is 0. The van der Waals surface area contributed by atoms with Crippen molar-refractivity contribution in [1.82, 2.24) is 19.3 Å². The highest BCUT2D eigenvalue weighted by molar-refractivity contribution is 5.98. The Hall–Kier alpha value is -2.76. The van der Waals surface area contributed by atoms with Gasteiger partial charge < -0.3 is 9.30 Å². The summed E-state index contributed by atoms with van der Waals surface area (Å²) in [4.78, 5) is 23.0. The number of nitrogens with zero attached hydrogens (tertiary/aromatic N) is 4. The second-order valence-corrected chi connectivity index (χ2v) is 5.25. The molecule has 1 amide bonds. The number of benzene rings is 1. The van der Waals surface area contributed by atoms with Crippen molar-refractivity contribution in [3.63, 3.8) is 0 Å². The molecule has 0 bridgehead atoms. The molecule has 5 nitrogen and oxygen atoms in total. The van der Waals surface area contributed by atoms with Crippen LogP contribution in [0.3, 0.4) is 0 Å². The molecule has 2 heterocycles. The second kappa shape index (κ2) is 6.16. The zero-order chi connectivity index (χ0) is 16.4. The summed E-state index contributed by atoms with van der Waals surface area (Å²) in [6.07, 6.45) is 6.73. The third-order valence-electron chi connectivity index (χ3n) is 3.94. The van der Waals surface area contributed by atoms with Crippen molar-refractivity contribution in [2.45, 2.75) is 19.9 Å². The summed E-state index contributed by atoms with van der Waals surface area (Å²) in [5, 5.41) is 0. The zero-order valence-corrected chi connectivity index (χ0v) is 13.0. The molecular formula is C17H17FN4O. The summed E-state index contributed by atoms with van der Waals surface area (Å²) in [7, 11) is 0. The predicted octanol–water partition coefficient (Wildman–Crippen LogP) is 3.09.